The number of amides is 8. The molecule has 0 bridgehead atoms. The average molecular weight is 1160 g/mol. The summed E-state index contributed by atoms with van der Waals surface area (Å²) in [5.74, 6) is 2.18. The third kappa shape index (κ3) is 14.8. The zero-order valence-electron chi connectivity index (χ0n) is 45.5. The number of carbonyl (C=O) groups is 8. The number of H-pyrrole nitrogens is 1. The molecule has 25 heteroatoms. The van der Waals surface area contributed by atoms with Crippen LogP contribution in [0.4, 0.5) is 8.78 Å². The van der Waals surface area contributed by atoms with Gasteiger partial charge in [0, 0.05) is 61.5 Å². The van der Waals surface area contributed by atoms with Crippen LogP contribution in [-0.2, 0) is 50.3 Å². The summed E-state index contributed by atoms with van der Waals surface area (Å²) >= 11 is 0. The van der Waals surface area contributed by atoms with Gasteiger partial charge in [0.15, 0.2) is 0 Å². The number of nitrogens with one attached hydrogen (secondary N) is 5. The predicted octanol–water partition coefficient (Wildman–Crippen LogP) is 4.14. The number of carbonyl (C=O) groups excluding carboxylic acids is 8. The van der Waals surface area contributed by atoms with Crippen LogP contribution in [0.5, 0.6) is 0 Å². The number of pyridine rings is 1. The van der Waals surface area contributed by atoms with Crippen molar-refractivity contribution in [3.63, 3.8) is 0 Å². The summed E-state index contributed by atoms with van der Waals surface area (Å²) in [5, 5.41) is 10.8. The molecule has 6 heterocycles. The SMILES string of the molecule is CN1CC[C@H]2CC[C@@H](C(=O)N[C@@H](CCC(N)=O)C(=O)N[C@@H](COCCCCCCCCCC#Cc3cccc4c3CN(C3CCC(=O)NC3=O)C4=O)c3ccccc3)N2C(=O)[C@@H](NC(=O)c2cc3cc(C(F)(F)P(=O)(O)O)ncc3[nH]2)C1. The number of halogens is 2. The van der Waals surface area contributed by atoms with Crippen LogP contribution < -0.4 is 27.0 Å². The lowest BCUT2D eigenvalue weighted by Gasteiger charge is -2.38. The molecule has 8 rings (SSSR count). The molecule has 2 aromatic heterocycles. The topological polar surface area (TPSA) is 316 Å². The van der Waals surface area contributed by atoms with Crippen LogP contribution >= 0.6 is 7.60 Å². The number of hydrogen-bond acceptors (Lipinski definition) is 12. The summed E-state index contributed by atoms with van der Waals surface area (Å²) in [6.07, 6.45) is 9.66. The zero-order valence-corrected chi connectivity index (χ0v) is 46.4. The first-order valence-electron chi connectivity index (χ1n) is 27.7. The molecule has 0 aliphatic carbocycles. The number of fused-ring (bicyclic) bond motifs is 3. The van der Waals surface area contributed by atoms with E-state index < -0.39 is 90.6 Å². The zero-order chi connectivity index (χ0) is 58.7. The fraction of sp³-hybridized carbons (Fsp3) is 0.491. The van der Waals surface area contributed by atoms with E-state index in [9.17, 15) is 61.5 Å². The van der Waals surface area contributed by atoms with Crippen molar-refractivity contribution in [2.75, 3.05) is 33.4 Å². The summed E-state index contributed by atoms with van der Waals surface area (Å²) in [6.45, 7) is 1.36. The summed E-state index contributed by atoms with van der Waals surface area (Å²) in [4.78, 5) is 135. The number of imide groups is 1. The highest BCUT2D eigenvalue weighted by molar-refractivity contribution is 7.52. The molecular weight excluding hydrogens is 1090 g/mol. The number of rotatable bonds is 24. The van der Waals surface area contributed by atoms with E-state index in [1.807, 2.05) is 41.3 Å². The van der Waals surface area contributed by atoms with Crippen LogP contribution in [0.25, 0.3) is 10.9 Å². The van der Waals surface area contributed by atoms with Crippen LogP contribution in [0.2, 0.25) is 0 Å². The highest BCUT2D eigenvalue weighted by Crippen LogP contribution is 2.58. The van der Waals surface area contributed by atoms with Gasteiger partial charge in [-0.25, -0.2) is 0 Å². The Morgan fingerprint density at radius 3 is 2.41 bits per heavy atom. The summed E-state index contributed by atoms with van der Waals surface area (Å²) < 4.78 is 46.5. The fourth-order valence-corrected chi connectivity index (χ4v) is 11.4. The number of aromatic nitrogens is 2. The first-order chi connectivity index (χ1) is 39.2. The fourth-order valence-electron chi connectivity index (χ4n) is 11.0. The van der Waals surface area contributed by atoms with Crippen molar-refractivity contribution in [3.05, 3.63) is 101 Å². The van der Waals surface area contributed by atoms with Crippen molar-refractivity contribution in [2.45, 2.75) is 145 Å². The molecule has 3 fully saturated rings. The van der Waals surface area contributed by atoms with Gasteiger partial charge in [-0.15, -0.1) is 0 Å². The number of nitrogens with two attached hydrogens (primary N) is 1. The maximum atomic E-state index is 14.5. The molecule has 8 amide bonds. The molecule has 0 radical (unpaired) electrons. The van der Waals surface area contributed by atoms with Gasteiger partial charge >= 0.3 is 13.3 Å². The molecule has 4 aromatic rings. The van der Waals surface area contributed by atoms with Gasteiger partial charge in [0.05, 0.1) is 24.4 Å². The van der Waals surface area contributed by atoms with E-state index in [2.05, 4.69) is 43.1 Å². The van der Waals surface area contributed by atoms with Crippen molar-refractivity contribution in [1.29, 1.82) is 0 Å². The monoisotopic (exact) mass is 1150 g/mol. The summed E-state index contributed by atoms with van der Waals surface area (Å²) in [6, 6.07) is 11.3. The Hall–Kier alpha value is -7.42. The Labute approximate surface area is 472 Å². The molecule has 1 unspecified atom stereocenters. The number of hydrogen-bond donors (Lipinski definition) is 8. The predicted molar refractivity (Wildman–Crippen MR) is 294 cm³/mol. The molecule has 82 heavy (non-hydrogen) atoms. The molecule has 0 saturated carbocycles. The molecule has 6 atom stereocenters. The third-order valence-corrected chi connectivity index (χ3v) is 16.4. The molecule has 4 aliphatic rings. The molecule has 438 valence electrons. The molecule has 4 aliphatic heterocycles. The lowest BCUT2D eigenvalue weighted by atomic mass is 10.0. The summed E-state index contributed by atoms with van der Waals surface area (Å²) in [7, 11) is -4.15. The van der Waals surface area contributed by atoms with Gasteiger partial charge in [0.1, 0.15) is 35.6 Å². The Balaban J connectivity index is 0.800. The lowest BCUT2D eigenvalue weighted by molar-refractivity contribution is -0.144. The smallest absolute Gasteiger partial charge is 0.379 e. The summed E-state index contributed by atoms with van der Waals surface area (Å²) in [5.41, 5.74) is 2.56. The number of nitrogens with zero attached hydrogens (tertiary/aromatic N) is 4. The molecular formula is C57H69F2N10O12P. The van der Waals surface area contributed by atoms with E-state index in [1.165, 1.54) is 15.9 Å². The van der Waals surface area contributed by atoms with Gasteiger partial charge in [0.25, 0.3) is 11.8 Å². The van der Waals surface area contributed by atoms with Gasteiger partial charge in [0.2, 0.25) is 35.4 Å². The molecule has 0 spiro atoms. The second kappa shape index (κ2) is 27.1. The minimum atomic E-state index is -5.93. The largest absolute Gasteiger partial charge is 0.401 e. The number of likely N-dealkylation sites (N-methyl/N-ethyl adjacent to an activating group) is 1. The number of unbranched alkanes of at least 4 members (excludes halogenated alkanes) is 7. The number of ether oxygens (including phenoxy) is 1. The van der Waals surface area contributed by atoms with E-state index in [0.29, 0.717) is 44.4 Å². The van der Waals surface area contributed by atoms with Gasteiger partial charge in [-0.3, -0.25) is 53.2 Å². The van der Waals surface area contributed by atoms with Gasteiger partial charge in [-0.05, 0) is 93.9 Å². The first-order valence-corrected chi connectivity index (χ1v) is 29.3. The highest BCUT2D eigenvalue weighted by Gasteiger charge is 2.52. The van der Waals surface area contributed by atoms with E-state index in [-0.39, 0.29) is 73.8 Å². The van der Waals surface area contributed by atoms with E-state index in [4.69, 9.17) is 10.5 Å². The normalized spacial score (nSPS) is 20.2. The second-order valence-corrected chi connectivity index (χ2v) is 23.0. The Kier molecular flexibility index (Phi) is 20.1. The van der Waals surface area contributed by atoms with Crippen molar-refractivity contribution < 1.29 is 66.2 Å². The number of alkyl halides is 2. The van der Waals surface area contributed by atoms with Crippen molar-refractivity contribution in [1.82, 2.24) is 45.9 Å². The van der Waals surface area contributed by atoms with Crippen LogP contribution in [-0.4, -0.2) is 145 Å². The van der Waals surface area contributed by atoms with Crippen LogP contribution in [0.15, 0.2) is 66.9 Å². The molecule has 22 nitrogen and oxygen atoms in total. The number of primary amides is 1. The maximum Gasteiger partial charge on any atom is 0.401 e. The molecule has 2 aromatic carbocycles. The number of benzene rings is 2. The van der Waals surface area contributed by atoms with Crippen molar-refractivity contribution >= 4 is 65.8 Å². The van der Waals surface area contributed by atoms with Crippen LogP contribution in [0, 0.1) is 11.8 Å². The van der Waals surface area contributed by atoms with Crippen molar-refractivity contribution in [2.24, 2.45) is 5.73 Å². The van der Waals surface area contributed by atoms with Gasteiger partial charge < -0.3 is 55.9 Å². The average Bonchev–Trinajstić information content (AvgIpc) is 4.33. The Morgan fingerprint density at radius 2 is 1.68 bits per heavy atom. The Bertz CT molecular complexity index is 3160. The minimum absolute atomic E-state index is 0.00425. The van der Waals surface area contributed by atoms with E-state index in [1.54, 1.807) is 19.2 Å². The second-order valence-electron chi connectivity index (χ2n) is 21.4. The number of piperidine rings is 1. The van der Waals surface area contributed by atoms with E-state index >= 15 is 0 Å². The lowest BCUT2D eigenvalue weighted by Crippen LogP contribution is -2.61. The standard InChI is InChI=1S/C57H69F2N10O12P/c1-67-27-26-38-20-22-47(69(38)56(77)44(33-67)64-52(73)42-29-37-30-48(61-31-43(37)62-42)57(58,59)82(78,79)80)54(75)63-41(21-24-49(60)70)51(72)65-45(36-16-11-9-12-17-36)34-81-28-13-8-6-4-2-3-5-7-10-15-35-18-14-19-39-40(35)32-68(55(39)76)46-23-25-50(71)66-53(46)74/h9,11-12,14,16-19,29-31,38,41,44-47,62H,2-8,13,20-28,32-34H2,1H3,(H2,60,70)(H,63,75)(H,64,73)(H,65,72)(H,66,71,74)(H2,78,79,80)/t38-,41+,44+,45+,46?,47+/m1/s1. The first kappa shape index (κ1) is 60.7. The van der Waals surface area contributed by atoms with Gasteiger partial charge in [-0.2, -0.15) is 8.78 Å². The number of aromatic amines is 1. The van der Waals surface area contributed by atoms with Gasteiger partial charge in [-0.1, -0.05) is 80.3 Å². The van der Waals surface area contributed by atoms with Crippen molar-refractivity contribution in [3.8, 4) is 11.8 Å². The van der Waals surface area contributed by atoms with E-state index in [0.717, 1.165) is 73.9 Å². The molecule has 9 N–H and O–H groups in total. The Morgan fingerprint density at radius 1 is 0.939 bits per heavy atom. The maximum absolute atomic E-state index is 14.5. The minimum Gasteiger partial charge on any atom is -0.379 e. The molecule has 3 saturated heterocycles. The van der Waals surface area contributed by atoms with Crippen LogP contribution in [0.1, 0.15) is 146 Å². The highest BCUT2D eigenvalue weighted by atomic mass is 31.2. The van der Waals surface area contributed by atoms with Crippen LogP contribution in [0.3, 0.4) is 0 Å². The quantitative estimate of drug-likeness (QED) is 0.0212. The third-order valence-electron chi connectivity index (χ3n) is 15.4.